The molecule has 0 aliphatic heterocycles. The van der Waals surface area contributed by atoms with Gasteiger partial charge in [0.05, 0.1) is 11.9 Å². The standard InChI is InChI=1S/C32H40BrN3O4S/c1-6-24(4)34-32(38)30(20-25-12-8-7-9-13-25)35(21-26-16-18-27(33)19-17-26)31(37)22-36(41(5,39)40)29-15-11-10-14-28(29)23(2)3/h7-19,23-24,30H,6,20-22H2,1-5H3,(H,34,38)/t24-,30-/m0/s1. The molecule has 9 heteroatoms. The van der Waals surface area contributed by atoms with Crippen LogP contribution in [0.5, 0.6) is 0 Å². The number of benzene rings is 3. The SMILES string of the molecule is CC[C@H](C)NC(=O)[C@H](Cc1ccccc1)N(Cc1ccc(Br)cc1)C(=O)CN(c1ccccc1C(C)C)S(C)(=O)=O. The Labute approximate surface area is 253 Å². The summed E-state index contributed by atoms with van der Waals surface area (Å²) in [7, 11) is -3.83. The largest absolute Gasteiger partial charge is 0.352 e. The number of hydrogen-bond acceptors (Lipinski definition) is 4. The number of nitrogens with zero attached hydrogens (tertiary/aromatic N) is 2. The van der Waals surface area contributed by atoms with Gasteiger partial charge in [-0.05, 0) is 54.2 Å². The molecule has 220 valence electrons. The fraction of sp³-hybridized carbons (Fsp3) is 0.375. The minimum Gasteiger partial charge on any atom is -0.352 e. The minimum atomic E-state index is -3.83. The average molecular weight is 643 g/mol. The van der Waals surface area contributed by atoms with E-state index in [2.05, 4.69) is 21.2 Å². The van der Waals surface area contributed by atoms with Gasteiger partial charge >= 0.3 is 0 Å². The van der Waals surface area contributed by atoms with E-state index in [1.807, 2.05) is 94.4 Å². The first-order chi connectivity index (χ1) is 19.4. The summed E-state index contributed by atoms with van der Waals surface area (Å²) in [6, 6.07) is 23.4. The van der Waals surface area contributed by atoms with Crippen LogP contribution in [0.1, 0.15) is 56.7 Å². The van der Waals surface area contributed by atoms with Gasteiger partial charge in [-0.25, -0.2) is 8.42 Å². The molecule has 0 saturated carbocycles. The molecular weight excluding hydrogens is 602 g/mol. The summed E-state index contributed by atoms with van der Waals surface area (Å²) in [6.45, 7) is 7.58. The maximum absolute atomic E-state index is 14.2. The number of hydrogen-bond donors (Lipinski definition) is 1. The Morgan fingerprint density at radius 3 is 2.07 bits per heavy atom. The minimum absolute atomic E-state index is 0.0385. The zero-order chi connectivity index (χ0) is 30.2. The number of carbonyl (C=O) groups excluding carboxylic acids is 2. The Morgan fingerprint density at radius 1 is 0.878 bits per heavy atom. The number of amides is 2. The van der Waals surface area contributed by atoms with Crippen LogP contribution in [0.3, 0.4) is 0 Å². The van der Waals surface area contributed by atoms with Crippen LogP contribution in [-0.2, 0) is 32.6 Å². The molecule has 0 aliphatic rings. The molecule has 3 aromatic carbocycles. The molecule has 3 aromatic rings. The summed E-state index contributed by atoms with van der Waals surface area (Å²) in [5, 5.41) is 3.05. The van der Waals surface area contributed by atoms with Gasteiger partial charge in [0.15, 0.2) is 0 Å². The van der Waals surface area contributed by atoms with E-state index in [1.165, 1.54) is 4.90 Å². The van der Waals surface area contributed by atoms with Crippen LogP contribution in [0.25, 0.3) is 0 Å². The molecule has 41 heavy (non-hydrogen) atoms. The summed E-state index contributed by atoms with van der Waals surface area (Å²) in [5.74, 6) is -0.698. The second kappa shape index (κ2) is 14.6. The molecular formula is C32H40BrN3O4S. The van der Waals surface area contributed by atoms with Gasteiger partial charge in [-0.2, -0.15) is 0 Å². The van der Waals surface area contributed by atoms with Gasteiger partial charge in [0.1, 0.15) is 12.6 Å². The van der Waals surface area contributed by atoms with Crippen molar-refractivity contribution >= 4 is 43.5 Å². The van der Waals surface area contributed by atoms with Crippen molar-refractivity contribution in [1.29, 1.82) is 0 Å². The normalized spacial score (nSPS) is 13.0. The lowest BCUT2D eigenvalue weighted by Crippen LogP contribution is -2.54. The third-order valence-electron chi connectivity index (χ3n) is 7.04. The van der Waals surface area contributed by atoms with Crippen LogP contribution in [-0.4, -0.2) is 50.0 Å². The molecule has 3 rings (SSSR count). The molecule has 1 N–H and O–H groups in total. The average Bonchev–Trinajstić information content (AvgIpc) is 2.94. The van der Waals surface area contributed by atoms with Crippen molar-refractivity contribution in [2.75, 3.05) is 17.1 Å². The lowest BCUT2D eigenvalue weighted by Gasteiger charge is -2.34. The molecule has 0 radical (unpaired) electrons. The lowest BCUT2D eigenvalue weighted by molar-refractivity contribution is -0.140. The number of para-hydroxylation sites is 1. The Morgan fingerprint density at radius 2 is 1.49 bits per heavy atom. The van der Waals surface area contributed by atoms with Crippen molar-refractivity contribution in [3.8, 4) is 0 Å². The maximum Gasteiger partial charge on any atom is 0.244 e. The second-order valence-corrected chi connectivity index (χ2v) is 13.5. The van der Waals surface area contributed by atoms with E-state index in [1.54, 1.807) is 12.1 Å². The van der Waals surface area contributed by atoms with Crippen LogP contribution >= 0.6 is 15.9 Å². The third kappa shape index (κ3) is 9.16. The highest BCUT2D eigenvalue weighted by Gasteiger charge is 2.34. The first-order valence-electron chi connectivity index (χ1n) is 13.9. The van der Waals surface area contributed by atoms with E-state index in [0.29, 0.717) is 5.69 Å². The molecule has 0 aliphatic carbocycles. The molecule has 0 aromatic heterocycles. The highest BCUT2D eigenvalue weighted by molar-refractivity contribution is 9.10. The molecule has 0 unspecified atom stereocenters. The summed E-state index contributed by atoms with van der Waals surface area (Å²) in [5.41, 5.74) is 3.01. The van der Waals surface area contributed by atoms with Crippen LogP contribution in [0.15, 0.2) is 83.3 Å². The van der Waals surface area contributed by atoms with Gasteiger partial charge in [0.2, 0.25) is 21.8 Å². The molecule has 0 spiro atoms. The van der Waals surface area contributed by atoms with Crippen LogP contribution < -0.4 is 9.62 Å². The number of nitrogens with one attached hydrogen (secondary N) is 1. The van der Waals surface area contributed by atoms with E-state index in [9.17, 15) is 18.0 Å². The van der Waals surface area contributed by atoms with Crippen molar-refractivity contribution in [3.63, 3.8) is 0 Å². The maximum atomic E-state index is 14.2. The highest BCUT2D eigenvalue weighted by atomic mass is 79.9. The second-order valence-electron chi connectivity index (χ2n) is 10.7. The van der Waals surface area contributed by atoms with Gasteiger partial charge in [-0.3, -0.25) is 13.9 Å². The third-order valence-corrected chi connectivity index (χ3v) is 8.70. The molecule has 0 bridgehead atoms. The van der Waals surface area contributed by atoms with Crippen LogP contribution in [0.2, 0.25) is 0 Å². The van der Waals surface area contributed by atoms with Gasteiger partial charge in [0, 0.05) is 23.5 Å². The van der Waals surface area contributed by atoms with E-state index >= 15 is 0 Å². The van der Waals surface area contributed by atoms with Gasteiger partial charge < -0.3 is 10.2 Å². The molecule has 2 amide bonds. The molecule has 2 atom stereocenters. The van der Waals surface area contributed by atoms with Crippen molar-refractivity contribution in [3.05, 3.63) is 100 Å². The predicted molar refractivity (Wildman–Crippen MR) is 169 cm³/mol. The molecule has 0 heterocycles. The zero-order valence-corrected chi connectivity index (χ0v) is 26.8. The topological polar surface area (TPSA) is 86.8 Å². The van der Waals surface area contributed by atoms with Crippen molar-refractivity contribution < 1.29 is 18.0 Å². The summed E-state index contributed by atoms with van der Waals surface area (Å²) in [6.07, 6.45) is 2.12. The zero-order valence-electron chi connectivity index (χ0n) is 24.4. The fourth-order valence-corrected chi connectivity index (χ4v) is 5.71. The number of rotatable bonds is 13. The molecule has 7 nitrogen and oxygen atoms in total. The Bertz CT molecular complexity index is 1410. The van der Waals surface area contributed by atoms with E-state index in [0.717, 1.165) is 38.1 Å². The van der Waals surface area contributed by atoms with Gasteiger partial charge in [-0.1, -0.05) is 97.4 Å². The molecule has 0 saturated heterocycles. The van der Waals surface area contributed by atoms with Crippen LogP contribution in [0.4, 0.5) is 5.69 Å². The number of sulfonamides is 1. The van der Waals surface area contributed by atoms with Crippen molar-refractivity contribution in [2.45, 2.75) is 65.1 Å². The summed E-state index contributed by atoms with van der Waals surface area (Å²) in [4.78, 5) is 29.5. The Hall–Kier alpha value is -3.17. The number of halogens is 1. The van der Waals surface area contributed by atoms with Crippen molar-refractivity contribution in [2.24, 2.45) is 0 Å². The number of carbonyl (C=O) groups is 2. The summed E-state index contributed by atoms with van der Waals surface area (Å²) < 4.78 is 28.3. The first-order valence-corrected chi connectivity index (χ1v) is 16.5. The van der Waals surface area contributed by atoms with Gasteiger partial charge in [-0.15, -0.1) is 0 Å². The number of anilines is 1. The lowest BCUT2D eigenvalue weighted by atomic mass is 10.0. The quantitative estimate of drug-likeness (QED) is 0.252. The van der Waals surface area contributed by atoms with E-state index in [4.69, 9.17) is 0 Å². The Kier molecular flexibility index (Phi) is 11.5. The van der Waals surface area contributed by atoms with Crippen molar-refractivity contribution in [1.82, 2.24) is 10.2 Å². The highest BCUT2D eigenvalue weighted by Crippen LogP contribution is 2.29. The fourth-order valence-electron chi connectivity index (χ4n) is 4.58. The van der Waals surface area contributed by atoms with E-state index < -0.39 is 28.5 Å². The summed E-state index contributed by atoms with van der Waals surface area (Å²) >= 11 is 3.45. The van der Waals surface area contributed by atoms with E-state index in [-0.39, 0.29) is 30.8 Å². The smallest absolute Gasteiger partial charge is 0.244 e. The van der Waals surface area contributed by atoms with Crippen LogP contribution in [0, 0.1) is 0 Å². The predicted octanol–water partition coefficient (Wildman–Crippen LogP) is 5.89. The molecule has 0 fully saturated rings. The Balaban J connectivity index is 2.09. The monoisotopic (exact) mass is 641 g/mol. The first kappa shape index (κ1) is 32.3. The van der Waals surface area contributed by atoms with Gasteiger partial charge in [0.25, 0.3) is 0 Å².